The molecule has 0 fully saturated rings. The fraction of sp³-hybridized carbons (Fsp3) is 0.0392. The van der Waals surface area contributed by atoms with Crippen LogP contribution in [0.5, 0.6) is 0 Å². The summed E-state index contributed by atoms with van der Waals surface area (Å²) in [5, 5.41) is 14.1. The lowest BCUT2D eigenvalue weighted by atomic mass is 10.0. The predicted octanol–water partition coefficient (Wildman–Crippen LogP) is 12.6. The molecule has 8 aromatic carbocycles. The van der Waals surface area contributed by atoms with E-state index in [9.17, 15) is 0 Å². The van der Waals surface area contributed by atoms with Gasteiger partial charge < -0.3 is 18.7 Å². The molecule has 0 spiro atoms. The van der Waals surface area contributed by atoms with Crippen LogP contribution < -0.4 is 10.6 Å². The number of fused-ring (bicyclic) bond motifs is 9. The van der Waals surface area contributed by atoms with Crippen molar-refractivity contribution in [2.24, 2.45) is 4.99 Å². The highest BCUT2D eigenvalue weighted by molar-refractivity contribution is 6.15. The van der Waals surface area contributed by atoms with Gasteiger partial charge in [0.1, 0.15) is 40.5 Å². The molecule has 2 N–H and O–H groups in total. The molecule has 57 heavy (non-hydrogen) atoms. The van der Waals surface area contributed by atoms with E-state index in [2.05, 4.69) is 173 Å². The Balaban J connectivity index is 0.925. The Labute approximate surface area is 327 Å². The van der Waals surface area contributed by atoms with Gasteiger partial charge in [0.05, 0.1) is 22.1 Å². The molecule has 3 aromatic heterocycles. The Bertz CT molecular complexity index is 3320. The lowest BCUT2D eigenvalue weighted by Crippen LogP contribution is -2.44. The maximum Gasteiger partial charge on any atom is 0.137 e. The van der Waals surface area contributed by atoms with Crippen molar-refractivity contribution in [1.29, 1.82) is 0 Å². The number of aromatic nitrogens is 1. The van der Waals surface area contributed by atoms with E-state index in [-0.39, 0.29) is 12.3 Å². The van der Waals surface area contributed by atoms with Crippen molar-refractivity contribution in [1.82, 2.24) is 15.2 Å². The molecule has 12 rings (SSSR count). The Morgan fingerprint density at radius 1 is 0.439 bits per heavy atom. The molecule has 6 nitrogen and oxygen atoms in total. The highest BCUT2D eigenvalue weighted by Crippen LogP contribution is 2.41. The summed E-state index contributed by atoms with van der Waals surface area (Å²) in [5.74, 6) is 0.854. The number of amidine groups is 1. The first-order valence-electron chi connectivity index (χ1n) is 19.3. The fourth-order valence-corrected chi connectivity index (χ4v) is 8.79. The molecule has 1 aliphatic rings. The number of nitrogens with one attached hydrogen (secondary N) is 2. The van der Waals surface area contributed by atoms with Crippen molar-refractivity contribution >= 4 is 71.5 Å². The minimum atomic E-state index is -0.272. The standard InChI is InChI=1S/C51H34N4O2/c1-3-12-31(13-4-1)49-52-50(32-14-5-2-6-15-32)54-51(53-49)35-23-25-38-40-28-33(24-27-44(40)56-46(38)30-35)34-22-26-39-47(29-34)57-45-21-11-20-43(48(39)45)55-41-18-9-7-16-36(41)37-17-8-10-19-42(37)55/h1-30,49,51,53H,(H,52,54). The van der Waals surface area contributed by atoms with Gasteiger partial charge in [0.2, 0.25) is 0 Å². The van der Waals surface area contributed by atoms with Gasteiger partial charge in [-0.3, -0.25) is 5.32 Å². The molecule has 6 heteroatoms. The number of hydrogen-bond acceptors (Lipinski definition) is 5. The molecule has 2 atom stereocenters. The number of furan rings is 2. The summed E-state index contributed by atoms with van der Waals surface area (Å²) in [6.07, 6.45) is -0.381. The van der Waals surface area contributed by atoms with E-state index in [4.69, 9.17) is 13.8 Å². The quantitative estimate of drug-likeness (QED) is 0.185. The monoisotopic (exact) mass is 734 g/mol. The average molecular weight is 735 g/mol. The van der Waals surface area contributed by atoms with E-state index >= 15 is 0 Å². The van der Waals surface area contributed by atoms with Gasteiger partial charge in [0.15, 0.2) is 0 Å². The van der Waals surface area contributed by atoms with Crippen molar-refractivity contribution in [2.45, 2.75) is 12.3 Å². The van der Waals surface area contributed by atoms with Crippen molar-refractivity contribution in [3.8, 4) is 16.8 Å². The third-order valence-corrected chi connectivity index (χ3v) is 11.5. The molecule has 4 heterocycles. The Hall–Kier alpha value is -7.41. The SMILES string of the molecule is c1ccc(C2=NC(c3ccc4c(c3)oc3ccc(-c5ccc6c(c5)oc5cccc(-n7c8ccccc8c8ccccc87)c56)cc34)NC(c3ccccc3)N2)cc1. The van der Waals surface area contributed by atoms with Gasteiger partial charge in [-0.1, -0.05) is 127 Å². The summed E-state index contributed by atoms with van der Waals surface area (Å²) in [6.45, 7) is 0. The highest BCUT2D eigenvalue weighted by Gasteiger charge is 2.26. The molecule has 270 valence electrons. The Morgan fingerprint density at radius 3 is 1.91 bits per heavy atom. The molecule has 0 saturated carbocycles. The van der Waals surface area contributed by atoms with Gasteiger partial charge in [0, 0.05) is 32.5 Å². The minimum Gasteiger partial charge on any atom is -0.456 e. The van der Waals surface area contributed by atoms with E-state index in [0.717, 1.165) is 83.2 Å². The van der Waals surface area contributed by atoms with Gasteiger partial charge in [0.25, 0.3) is 0 Å². The third kappa shape index (κ3) is 5.12. The summed E-state index contributed by atoms with van der Waals surface area (Å²) >= 11 is 0. The van der Waals surface area contributed by atoms with Gasteiger partial charge in [-0.05, 0) is 76.9 Å². The van der Waals surface area contributed by atoms with Crippen LogP contribution in [-0.2, 0) is 0 Å². The second kappa shape index (κ2) is 12.6. The van der Waals surface area contributed by atoms with Crippen LogP contribution in [0.1, 0.15) is 29.0 Å². The Morgan fingerprint density at radius 2 is 1.11 bits per heavy atom. The zero-order valence-electron chi connectivity index (χ0n) is 30.7. The van der Waals surface area contributed by atoms with Crippen LogP contribution >= 0.6 is 0 Å². The minimum absolute atomic E-state index is 0.109. The van der Waals surface area contributed by atoms with Gasteiger partial charge in [-0.25, -0.2) is 4.99 Å². The molecule has 2 unspecified atom stereocenters. The van der Waals surface area contributed by atoms with Crippen LogP contribution in [0.2, 0.25) is 0 Å². The lowest BCUT2D eigenvalue weighted by Gasteiger charge is -2.32. The number of nitrogens with zero attached hydrogens (tertiary/aromatic N) is 2. The van der Waals surface area contributed by atoms with Crippen molar-refractivity contribution in [2.75, 3.05) is 0 Å². The number of aliphatic imine (C=N–C) groups is 1. The zero-order valence-corrected chi connectivity index (χ0v) is 30.7. The van der Waals surface area contributed by atoms with Gasteiger partial charge in [-0.2, -0.15) is 0 Å². The summed E-state index contributed by atoms with van der Waals surface area (Å²) in [4.78, 5) is 5.14. The molecular formula is C51H34N4O2. The number of rotatable bonds is 5. The molecule has 1 aliphatic heterocycles. The van der Waals surface area contributed by atoms with Crippen LogP contribution in [0.3, 0.4) is 0 Å². The molecule has 11 aromatic rings. The van der Waals surface area contributed by atoms with E-state index in [1.165, 1.54) is 21.8 Å². The van der Waals surface area contributed by atoms with Gasteiger partial charge >= 0.3 is 0 Å². The van der Waals surface area contributed by atoms with Crippen LogP contribution in [-0.4, -0.2) is 10.4 Å². The molecular weight excluding hydrogens is 701 g/mol. The summed E-state index contributed by atoms with van der Waals surface area (Å²) in [6, 6.07) is 63.8. The van der Waals surface area contributed by atoms with E-state index in [1.807, 2.05) is 24.3 Å². The first-order valence-corrected chi connectivity index (χ1v) is 19.3. The van der Waals surface area contributed by atoms with Crippen LogP contribution in [0.25, 0.3) is 82.5 Å². The van der Waals surface area contributed by atoms with E-state index in [0.29, 0.717) is 0 Å². The second-order valence-corrected chi connectivity index (χ2v) is 14.8. The average Bonchev–Trinajstić information content (AvgIpc) is 3.95. The predicted molar refractivity (Wildman–Crippen MR) is 232 cm³/mol. The van der Waals surface area contributed by atoms with Crippen LogP contribution in [0.15, 0.2) is 196 Å². The normalized spacial score (nSPS) is 15.9. The third-order valence-electron chi connectivity index (χ3n) is 11.5. The second-order valence-electron chi connectivity index (χ2n) is 14.8. The molecule has 0 aliphatic carbocycles. The zero-order chi connectivity index (χ0) is 37.5. The highest BCUT2D eigenvalue weighted by atomic mass is 16.3. The van der Waals surface area contributed by atoms with Crippen molar-refractivity contribution in [3.63, 3.8) is 0 Å². The van der Waals surface area contributed by atoms with Crippen molar-refractivity contribution < 1.29 is 8.83 Å². The molecule has 0 radical (unpaired) electrons. The van der Waals surface area contributed by atoms with Gasteiger partial charge in [-0.15, -0.1) is 0 Å². The molecule has 0 amide bonds. The topological polar surface area (TPSA) is 67.6 Å². The van der Waals surface area contributed by atoms with Crippen LogP contribution in [0.4, 0.5) is 0 Å². The van der Waals surface area contributed by atoms with Crippen molar-refractivity contribution in [3.05, 3.63) is 199 Å². The summed E-state index contributed by atoms with van der Waals surface area (Å²) in [7, 11) is 0. The summed E-state index contributed by atoms with van der Waals surface area (Å²) in [5.41, 5.74) is 12.3. The first kappa shape index (κ1) is 31.9. The molecule has 0 bridgehead atoms. The van der Waals surface area contributed by atoms with E-state index in [1.54, 1.807) is 0 Å². The lowest BCUT2D eigenvalue weighted by molar-refractivity contribution is 0.409. The summed E-state index contributed by atoms with van der Waals surface area (Å²) < 4.78 is 15.5. The number of para-hydroxylation sites is 2. The van der Waals surface area contributed by atoms with Crippen LogP contribution in [0, 0.1) is 0 Å². The smallest absolute Gasteiger partial charge is 0.137 e. The van der Waals surface area contributed by atoms with E-state index < -0.39 is 0 Å². The fourth-order valence-electron chi connectivity index (χ4n) is 8.79. The largest absolute Gasteiger partial charge is 0.456 e. The number of hydrogen-bond donors (Lipinski definition) is 2. The maximum atomic E-state index is 6.61. The first-order chi connectivity index (χ1) is 28.2. The molecule has 0 saturated heterocycles. The maximum absolute atomic E-state index is 6.61. The Kier molecular flexibility index (Phi) is 7.03. The number of benzene rings is 8.